The molecule has 0 aliphatic rings. The molecule has 0 aliphatic heterocycles. The first-order chi connectivity index (χ1) is 7.75. The van der Waals surface area contributed by atoms with Gasteiger partial charge in [0, 0.05) is 25.2 Å². The highest BCUT2D eigenvalue weighted by Gasteiger charge is 2.47. The molecular formula is C11H23F3N2O. The summed E-state index contributed by atoms with van der Waals surface area (Å²) < 4.78 is 39.0. The summed E-state index contributed by atoms with van der Waals surface area (Å²) >= 11 is 0. The van der Waals surface area contributed by atoms with Gasteiger partial charge >= 0.3 is 6.18 Å². The lowest BCUT2D eigenvalue weighted by Gasteiger charge is -2.39. The summed E-state index contributed by atoms with van der Waals surface area (Å²) in [5.41, 5.74) is 5.59. The van der Waals surface area contributed by atoms with E-state index in [2.05, 4.69) is 0 Å². The second kappa shape index (κ2) is 7.18. The van der Waals surface area contributed by atoms with Gasteiger partial charge in [-0.1, -0.05) is 6.92 Å². The molecule has 0 rings (SSSR count). The fourth-order valence-corrected chi connectivity index (χ4v) is 1.87. The van der Waals surface area contributed by atoms with Crippen LogP contribution in [0.3, 0.4) is 0 Å². The lowest BCUT2D eigenvalue weighted by Crippen LogP contribution is -2.58. The van der Waals surface area contributed by atoms with Crippen LogP contribution >= 0.6 is 0 Å². The molecular weight excluding hydrogens is 233 g/mol. The molecule has 0 saturated carbocycles. The molecule has 0 bridgehead atoms. The maximum absolute atomic E-state index is 13.0. The van der Waals surface area contributed by atoms with Gasteiger partial charge < -0.3 is 10.8 Å². The molecule has 0 aromatic carbocycles. The Kier molecular flexibility index (Phi) is 7.04. The average Bonchev–Trinajstić information content (AvgIpc) is 2.20. The molecule has 0 amide bonds. The van der Waals surface area contributed by atoms with Crippen LogP contribution in [-0.4, -0.2) is 47.5 Å². The zero-order valence-electron chi connectivity index (χ0n) is 10.7. The number of aliphatic hydroxyl groups is 1. The fraction of sp³-hybridized carbons (Fsp3) is 1.00. The predicted octanol–water partition coefficient (Wildman–Crippen LogP) is 1.75. The van der Waals surface area contributed by atoms with Gasteiger partial charge in [-0.3, -0.25) is 4.90 Å². The normalized spacial score (nSPS) is 16.6. The molecule has 0 radical (unpaired) electrons. The molecule has 0 aromatic rings. The molecule has 3 N–H and O–H groups in total. The van der Waals surface area contributed by atoms with Gasteiger partial charge in [0.25, 0.3) is 0 Å². The zero-order chi connectivity index (χ0) is 13.6. The van der Waals surface area contributed by atoms with Gasteiger partial charge in [-0.05, 0) is 26.7 Å². The molecule has 0 saturated heterocycles. The van der Waals surface area contributed by atoms with Gasteiger partial charge in [0.2, 0.25) is 0 Å². The van der Waals surface area contributed by atoms with E-state index in [9.17, 15) is 13.2 Å². The Balaban J connectivity index is 4.94. The van der Waals surface area contributed by atoms with Crippen molar-refractivity contribution in [3.63, 3.8) is 0 Å². The monoisotopic (exact) mass is 256 g/mol. The van der Waals surface area contributed by atoms with Crippen molar-refractivity contribution in [1.29, 1.82) is 0 Å². The van der Waals surface area contributed by atoms with Crippen LogP contribution in [0.1, 0.15) is 33.6 Å². The second-order valence-corrected chi connectivity index (χ2v) is 4.47. The van der Waals surface area contributed by atoms with Crippen LogP contribution < -0.4 is 5.73 Å². The minimum Gasteiger partial charge on any atom is -0.396 e. The Morgan fingerprint density at radius 3 is 2.12 bits per heavy atom. The SMILES string of the molecule is CCC(N)C(N(CCCO)C(C)C)C(F)(F)F. The molecule has 0 aliphatic carbocycles. The van der Waals surface area contributed by atoms with E-state index in [1.54, 1.807) is 20.8 Å². The first kappa shape index (κ1) is 16.7. The highest BCUT2D eigenvalue weighted by molar-refractivity contribution is 4.89. The molecule has 6 heteroatoms. The number of hydrogen-bond donors (Lipinski definition) is 2. The fourth-order valence-electron chi connectivity index (χ4n) is 1.87. The molecule has 0 heterocycles. The van der Waals surface area contributed by atoms with E-state index in [4.69, 9.17) is 10.8 Å². The van der Waals surface area contributed by atoms with Gasteiger partial charge in [-0.15, -0.1) is 0 Å². The molecule has 0 fully saturated rings. The zero-order valence-corrected chi connectivity index (χ0v) is 10.7. The third-order valence-electron chi connectivity index (χ3n) is 2.81. The Morgan fingerprint density at radius 1 is 1.29 bits per heavy atom. The largest absolute Gasteiger partial charge is 0.405 e. The van der Waals surface area contributed by atoms with Crippen LogP contribution in [0, 0.1) is 0 Å². The van der Waals surface area contributed by atoms with E-state index >= 15 is 0 Å². The molecule has 2 unspecified atom stereocenters. The third kappa shape index (κ3) is 5.23. The number of aliphatic hydroxyl groups excluding tert-OH is 1. The van der Waals surface area contributed by atoms with E-state index < -0.39 is 18.3 Å². The van der Waals surface area contributed by atoms with Gasteiger partial charge in [0.1, 0.15) is 6.04 Å². The van der Waals surface area contributed by atoms with Crippen LogP contribution in [0.15, 0.2) is 0 Å². The number of hydrogen-bond acceptors (Lipinski definition) is 3. The summed E-state index contributed by atoms with van der Waals surface area (Å²) in [4.78, 5) is 1.32. The van der Waals surface area contributed by atoms with Crippen molar-refractivity contribution in [3.8, 4) is 0 Å². The van der Waals surface area contributed by atoms with Crippen LogP contribution in [-0.2, 0) is 0 Å². The maximum atomic E-state index is 13.0. The van der Waals surface area contributed by atoms with E-state index in [1.807, 2.05) is 0 Å². The molecule has 104 valence electrons. The van der Waals surface area contributed by atoms with Crippen LogP contribution in [0.2, 0.25) is 0 Å². The first-order valence-electron chi connectivity index (χ1n) is 5.94. The molecule has 0 aromatic heterocycles. The van der Waals surface area contributed by atoms with E-state index in [1.165, 1.54) is 4.90 Å². The standard InChI is InChI=1S/C11H23F3N2O/c1-4-9(15)10(11(12,13)14)16(8(2)3)6-5-7-17/h8-10,17H,4-7,15H2,1-3H3. The van der Waals surface area contributed by atoms with E-state index in [-0.39, 0.29) is 25.6 Å². The topological polar surface area (TPSA) is 49.5 Å². The van der Waals surface area contributed by atoms with Gasteiger partial charge in [-0.25, -0.2) is 0 Å². The summed E-state index contributed by atoms with van der Waals surface area (Å²) in [5, 5.41) is 8.74. The van der Waals surface area contributed by atoms with Crippen molar-refractivity contribution in [2.75, 3.05) is 13.2 Å². The lowest BCUT2D eigenvalue weighted by molar-refractivity contribution is -0.194. The number of alkyl halides is 3. The Bertz CT molecular complexity index is 209. The smallest absolute Gasteiger partial charge is 0.396 e. The van der Waals surface area contributed by atoms with Crippen molar-refractivity contribution in [2.45, 2.75) is 57.9 Å². The lowest BCUT2D eigenvalue weighted by atomic mass is 10.0. The van der Waals surface area contributed by atoms with Crippen LogP contribution in [0.25, 0.3) is 0 Å². The minimum absolute atomic E-state index is 0.116. The Labute approximate surface area is 101 Å². The third-order valence-corrected chi connectivity index (χ3v) is 2.81. The summed E-state index contributed by atoms with van der Waals surface area (Å²) in [5.74, 6) is 0. The van der Waals surface area contributed by atoms with E-state index in [0.29, 0.717) is 6.42 Å². The molecule has 17 heavy (non-hydrogen) atoms. The van der Waals surface area contributed by atoms with Crippen molar-refractivity contribution in [2.24, 2.45) is 5.73 Å². The predicted molar refractivity (Wildman–Crippen MR) is 61.7 cm³/mol. The Hall–Kier alpha value is -0.330. The quantitative estimate of drug-likeness (QED) is 0.729. The second-order valence-electron chi connectivity index (χ2n) is 4.47. The van der Waals surface area contributed by atoms with Crippen LogP contribution in [0.5, 0.6) is 0 Å². The maximum Gasteiger partial charge on any atom is 0.405 e. The molecule has 2 atom stereocenters. The number of nitrogens with two attached hydrogens (primary N) is 1. The summed E-state index contributed by atoms with van der Waals surface area (Å²) in [7, 11) is 0. The number of nitrogens with zero attached hydrogens (tertiary/aromatic N) is 1. The van der Waals surface area contributed by atoms with Crippen molar-refractivity contribution >= 4 is 0 Å². The van der Waals surface area contributed by atoms with Gasteiger partial charge in [-0.2, -0.15) is 13.2 Å². The number of rotatable bonds is 7. The number of halogens is 3. The minimum atomic E-state index is -4.34. The summed E-state index contributed by atoms with van der Waals surface area (Å²) in [6.07, 6.45) is -3.75. The van der Waals surface area contributed by atoms with Gasteiger partial charge in [0.15, 0.2) is 0 Å². The van der Waals surface area contributed by atoms with Crippen LogP contribution in [0.4, 0.5) is 13.2 Å². The first-order valence-corrected chi connectivity index (χ1v) is 5.94. The van der Waals surface area contributed by atoms with Crippen molar-refractivity contribution in [3.05, 3.63) is 0 Å². The van der Waals surface area contributed by atoms with Crippen molar-refractivity contribution < 1.29 is 18.3 Å². The summed E-state index contributed by atoms with van der Waals surface area (Å²) in [6.45, 7) is 5.14. The average molecular weight is 256 g/mol. The Morgan fingerprint density at radius 2 is 1.82 bits per heavy atom. The summed E-state index contributed by atoms with van der Waals surface area (Å²) in [6, 6.07) is -2.83. The van der Waals surface area contributed by atoms with Crippen molar-refractivity contribution in [1.82, 2.24) is 4.90 Å². The van der Waals surface area contributed by atoms with E-state index in [0.717, 1.165) is 0 Å². The molecule has 3 nitrogen and oxygen atoms in total. The molecule has 0 spiro atoms. The van der Waals surface area contributed by atoms with Gasteiger partial charge in [0.05, 0.1) is 0 Å². The highest BCUT2D eigenvalue weighted by atomic mass is 19.4. The highest BCUT2D eigenvalue weighted by Crippen LogP contribution is 2.29.